The predicted octanol–water partition coefficient (Wildman–Crippen LogP) is 3.64. The van der Waals surface area contributed by atoms with Crippen molar-refractivity contribution in [3.05, 3.63) is 36.0 Å². The van der Waals surface area contributed by atoms with Gasteiger partial charge in [-0.25, -0.2) is 4.98 Å². The number of nitrogens with zero attached hydrogens (tertiary/aromatic N) is 2. The molecular weight excluding hydrogens is 362 g/mol. The van der Waals surface area contributed by atoms with Gasteiger partial charge in [-0.1, -0.05) is 0 Å². The zero-order valence-electron chi connectivity index (χ0n) is 16.0. The van der Waals surface area contributed by atoms with Gasteiger partial charge in [-0.05, 0) is 63.7 Å². The molecule has 3 N–H and O–H groups in total. The number of aryl methyl sites for hydroxylation is 1. The number of rotatable bonds is 10. The monoisotopic (exact) mass is 389 g/mol. The van der Waals surface area contributed by atoms with E-state index in [1.807, 2.05) is 51.1 Å². The average Bonchev–Trinajstić information content (AvgIpc) is 2.63. The fourth-order valence-electron chi connectivity index (χ4n) is 2.30. The van der Waals surface area contributed by atoms with Gasteiger partial charge in [-0.15, -0.1) is 0 Å². The Morgan fingerprint density at radius 2 is 1.89 bits per heavy atom. The summed E-state index contributed by atoms with van der Waals surface area (Å²) in [4.78, 5) is 8.85. The van der Waals surface area contributed by atoms with Crippen LogP contribution in [0, 0.1) is 6.92 Å². The first-order valence-corrected chi connectivity index (χ1v) is 9.49. The maximum absolute atomic E-state index is 5.45. The molecule has 0 radical (unpaired) electrons. The van der Waals surface area contributed by atoms with Gasteiger partial charge in [-0.2, -0.15) is 4.98 Å². The van der Waals surface area contributed by atoms with Crippen LogP contribution < -0.4 is 20.7 Å². The number of aromatic nitrogens is 2. The van der Waals surface area contributed by atoms with Crippen LogP contribution in [-0.4, -0.2) is 41.4 Å². The number of anilines is 3. The highest BCUT2D eigenvalue weighted by Crippen LogP contribution is 2.20. The summed E-state index contributed by atoms with van der Waals surface area (Å²) in [5.41, 5.74) is 1.75. The first kappa shape index (κ1) is 20.9. The minimum Gasteiger partial charge on any atom is -0.494 e. The lowest BCUT2D eigenvalue weighted by Gasteiger charge is -2.12. The van der Waals surface area contributed by atoms with E-state index in [4.69, 9.17) is 21.7 Å². The van der Waals surface area contributed by atoms with E-state index >= 15 is 0 Å². The summed E-state index contributed by atoms with van der Waals surface area (Å²) in [5, 5.41) is 9.90. The topological polar surface area (TPSA) is 80.3 Å². The minimum atomic E-state index is 0.450. The highest BCUT2D eigenvalue weighted by Gasteiger charge is 2.05. The maximum atomic E-state index is 5.45. The molecule has 0 aliphatic heterocycles. The standard InChI is InChI=1S/C19H27N5O2S/c1-4-25-12-6-11-20-19(27)24-18-21-14(3)13-17(23-18)22-15-7-9-16(10-8-15)26-5-2/h7-10,13H,4-6,11-12H2,1-3H3,(H3,20,21,22,23,24,27). The molecule has 0 saturated carbocycles. The summed E-state index contributed by atoms with van der Waals surface area (Å²) in [6.45, 7) is 8.67. The van der Waals surface area contributed by atoms with Crippen molar-refractivity contribution in [2.75, 3.05) is 37.0 Å². The van der Waals surface area contributed by atoms with E-state index in [1.54, 1.807) is 0 Å². The van der Waals surface area contributed by atoms with E-state index < -0.39 is 0 Å². The number of hydrogen-bond acceptors (Lipinski definition) is 6. The van der Waals surface area contributed by atoms with Crippen molar-refractivity contribution in [2.45, 2.75) is 27.2 Å². The fraction of sp³-hybridized carbons (Fsp3) is 0.421. The molecule has 0 bridgehead atoms. The summed E-state index contributed by atoms with van der Waals surface area (Å²) in [6.07, 6.45) is 0.884. The molecule has 0 atom stereocenters. The average molecular weight is 390 g/mol. The third-order valence-corrected chi connectivity index (χ3v) is 3.72. The molecule has 2 rings (SSSR count). The normalized spacial score (nSPS) is 10.3. The second kappa shape index (κ2) is 11.3. The number of thiocarbonyl (C=S) groups is 1. The van der Waals surface area contributed by atoms with E-state index in [1.165, 1.54) is 0 Å². The summed E-state index contributed by atoms with van der Waals surface area (Å²) < 4.78 is 10.8. The van der Waals surface area contributed by atoms with Gasteiger partial charge in [-0.3, -0.25) is 0 Å². The van der Waals surface area contributed by atoms with E-state index in [9.17, 15) is 0 Å². The van der Waals surface area contributed by atoms with E-state index in [-0.39, 0.29) is 0 Å². The zero-order valence-corrected chi connectivity index (χ0v) is 16.9. The number of nitrogens with one attached hydrogen (secondary N) is 3. The van der Waals surface area contributed by atoms with E-state index in [0.717, 1.165) is 36.7 Å². The molecule has 0 saturated heterocycles. The molecular formula is C19H27N5O2S. The molecule has 0 unspecified atom stereocenters. The lowest BCUT2D eigenvalue weighted by molar-refractivity contribution is 0.146. The van der Waals surface area contributed by atoms with Crippen LogP contribution in [0.5, 0.6) is 5.75 Å². The summed E-state index contributed by atoms with van der Waals surface area (Å²) in [7, 11) is 0. The molecule has 1 heterocycles. The largest absolute Gasteiger partial charge is 0.494 e. The van der Waals surface area contributed by atoms with Crippen molar-refractivity contribution in [1.29, 1.82) is 0 Å². The molecule has 1 aromatic heterocycles. The van der Waals surface area contributed by atoms with Crippen LogP contribution in [0.1, 0.15) is 26.0 Å². The van der Waals surface area contributed by atoms with Gasteiger partial charge in [0.1, 0.15) is 11.6 Å². The van der Waals surface area contributed by atoms with Gasteiger partial charge >= 0.3 is 0 Å². The minimum absolute atomic E-state index is 0.450. The van der Waals surface area contributed by atoms with Crippen molar-refractivity contribution in [2.24, 2.45) is 0 Å². The lowest BCUT2D eigenvalue weighted by Crippen LogP contribution is -2.30. The Hall–Kier alpha value is -2.45. The van der Waals surface area contributed by atoms with Crippen LogP contribution in [0.3, 0.4) is 0 Å². The molecule has 0 spiro atoms. The molecule has 7 nitrogen and oxygen atoms in total. The summed E-state index contributed by atoms with van der Waals surface area (Å²) in [5.74, 6) is 1.98. The van der Waals surface area contributed by atoms with Crippen molar-refractivity contribution in [1.82, 2.24) is 15.3 Å². The third kappa shape index (κ3) is 7.76. The van der Waals surface area contributed by atoms with E-state index in [2.05, 4.69) is 25.9 Å². The Morgan fingerprint density at radius 3 is 2.59 bits per heavy atom. The van der Waals surface area contributed by atoms with Crippen LogP contribution in [0.25, 0.3) is 0 Å². The molecule has 27 heavy (non-hydrogen) atoms. The van der Waals surface area contributed by atoms with Crippen LogP contribution >= 0.6 is 12.2 Å². The molecule has 8 heteroatoms. The Morgan fingerprint density at radius 1 is 1.11 bits per heavy atom. The maximum Gasteiger partial charge on any atom is 0.231 e. The second-order valence-electron chi connectivity index (χ2n) is 5.73. The van der Waals surface area contributed by atoms with Crippen molar-refractivity contribution in [3.63, 3.8) is 0 Å². The molecule has 146 valence electrons. The molecule has 0 aliphatic rings. The number of hydrogen-bond donors (Lipinski definition) is 3. The lowest BCUT2D eigenvalue weighted by atomic mass is 10.3. The quantitative estimate of drug-likeness (QED) is 0.420. The highest BCUT2D eigenvalue weighted by molar-refractivity contribution is 7.80. The Labute approximate surface area is 165 Å². The molecule has 0 aliphatic carbocycles. The molecule has 1 aromatic carbocycles. The van der Waals surface area contributed by atoms with E-state index in [0.29, 0.717) is 30.1 Å². The first-order chi connectivity index (χ1) is 13.1. The Bertz CT molecular complexity index is 725. The van der Waals surface area contributed by atoms with Crippen LogP contribution in [0.4, 0.5) is 17.5 Å². The van der Waals surface area contributed by atoms with Gasteiger partial charge in [0.05, 0.1) is 6.61 Å². The SMILES string of the molecule is CCOCCCNC(=S)Nc1nc(C)cc(Nc2ccc(OCC)cc2)n1. The highest BCUT2D eigenvalue weighted by atomic mass is 32.1. The zero-order chi connectivity index (χ0) is 19.5. The number of benzene rings is 1. The summed E-state index contributed by atoms with van der Waals surface area (Å²) in [6, 6.07) is 9.60. The smallest absolute Gasteiger partial charge is 0.231 e. The van der Waals surface area contributed by atoms with Crippen LogP contribution in [-0.2, 0) is 4.74 Å². The van der Waals surface area contributed by atoms with Crippen LogP contribution in [0.15, 0.2) is 30.3 Å². The third-order valence-electron chi connectivity index (χ3n) is 3.47. The Kier molecular flexibility index (Phi) is 8.73. The molecule has 2 aromatic rings. The number of ether oxygens (including phenoxy) is 2. The van der Waals surface area contributed by atoms with Gasteiger partial charge < -0.3 is 25.4 Å². The second-order valence-corrected chi connectivity index (χ2v) is 6.14. The first-order valence-electron chi connectivity index (χ1n) is 9.09. The van der Waals surface area contributed by atoms with Gasteiger partial charge in [0.15, 0.2) is 5.11 Å². The Balaban J connectivity index is 1.91. The molecule has 0 amide bonds. The van der Waals surface area contributed by atoms with Gasteiger partial charge in [0.2, 0.25) is 5.95 Å². The molecule has 0 fully saturated rings. The van der Waals surface area contributed by atoms with Crippen LogP contribution in [0.2, 0.25) is 0 Å². The van der Waals surface area contributed by atoms with Gasteiger partial charge in [0, 0.05) is 37.2 Å². The van der Waals surface area contributed by atoms with Crippen molar-refractivity contribution < 1.29 is 9.47 Å². The van der Waals surface area contributed by atoms with Gasteiger partial charge in [0.25, 0.3) is 0 Å². The fourth-order valence-corrected chi connectivity index (χ4v) is 2.50. The predicted molar refractivity (Wildman–Crippen MR) is 113 cm³/mol. The summed E-state index contributed by atoms with van der Waals surface area (Å²) >= 11 is 5.29. The van der Waals surface area contributed by atoms with Crippen molar-refractivity contribution >= 4 is 34.8 Å². The van der Waals surface area contributed by atoms with Crippen molar-refractivity contribution in [3.8, 4) is 5.75 Å².